The zero-order chi connectivity index (χ0) is 25.6. The minimum Gasteiger partial charge on any atom is -0.450 e. The number of benzene rings is 1. The Bertz CT molecular complexity index is 1160. The van der Waals surface area contributed by atoms with Crippen molar-refractivity contribution in [2.24, 2.45) is 0 Å². The molecule has 3 fully saturated rings. The third-order valence-electron chi connectivity index (χ3n) is 9.42. The van der Waals surface area contributed by atoms with Crippen molar-refractivity contribution in [3.8, 4) is 0 Å². The zero-order valence-corrected chi connectivity index (χ0v) is 22.8. The summed E-state index contributed by atoms with van der Waals surface area (Å²) in [6, 6.07) is 9.92. The second kappa shape index (κ2) is 10.0. The van der Waals surface area contributed by atoms with Crippen LogP contribution in [0, 0.1) is 6.92 Å². The Morgan fingerprint density at radius 2 is 1.81 bits per heavy atom. The average molecular weight is 523 g/mol. The number of likely N-dealkylation sites (tertiary alicyclic amines) is 1. The first-order chi connectivity index (χ1) is 18.0. The number of amides is 2. The number of aryl methyl sites for hydroxylation is 1. The van der Waals surface area contributed by atoms with Crippen molar-refractivity contribution in [3.05, 3.63) is 51.5 Å². The van der Waals surface area contributed by atoms with Gasteiger partial charge in [-0.2, -0.15) is 0 Å². The van der Waals surface area contributed by atoms with Crippen LogP contribution in [0.25, 0.3) is 0 Å². The van der Waals surface area contributed by atoms with Crippen molar-refractivity contribution < 1.29 is 14.3 Å². The summed E-state index contributed by atoms with van der Waals surface area (Å²) < 4.78 is 5.41. The fourth-order valence-electron chi connectivity index (χ4n) is 7.55. The molecule has 1 spiro atoms. The number of carbonyl (C=O) groups is 2. The topological polar surface area (TPSA) is 66.0 Å². The normalized spacial score (nSPS) is 27.1. The number of hydrogen-bond acceptors (Lipinski definition) is 6. The molecule has 37 heavy (non-hydrogen) atoms. The van der Waals surface area contributed by atoms with Crippen molar-refractivity contribution in [3.63, 3.8) is 0 Å². The molecule has 0 saturated carbocycles. The van der Waals surface area contributed by atoms with Crippen molar-refractivity contribution in [2.75, 3.05) is 26.2 Å². The number of fused-ring (bicyclic) bond motifs is 4. The Hall–Kier alpha value is -2.45. The highest BCUT2D eigenvalue weighted by molar-refractivity contribution is 7.11. The molecule has 6 rings (SSSR count). The molecule has 7 nitrogen and oxygen atoms in total. The van der Waals surface area contributed by atoms with Gasteiger partial charge in [-0.3, -0.25) is 4.79 Å². The second-order valence-electron chi connectivity index (χ2n) is 11.4. The van der Waals surface area contributed by atoms with Crippen LogP contribution in [0.15, 0.2) is 29.8 Å². The van der Waals surface area contributed by atoms with Gasteiger partial charge in [0, 0.05) is 36.6 Å². The van der Waals surface area contributed by atoms with E-state index in [2.05, 4.69) is 43.9 Å². The van der Waals surface area contributed by atoms with E-state index in [4.69, 9.17) is 4.74 Å². The van der Waals surface area contributed by atoms with Crippen molar-refractivity contribution in [1.29, 1.82) is 0 Å². The zero-order valence-electron chi connectivity index (χ0n) is 22.0. The molecular formula is C29H38N4O3S. The number of piperidine rings is 1. The van der Waals surface area contributed by atoms with Gasteiger partial charge in [-0.15, -0.1) is 11.3 Å². The molecule has 3 saturated heterocycles. The van der Waals surface area contributed by atoms with Crippen LogP contribution < -0.4 is 0 Å². The van der Waals surface area contributed by atoms with E-state index in [1.165, 1.54) is 22.5 Å². The van der Waals surface area contributed by atoms with Gasteiger partial charge in [0.05, 0.1) is 17.8 Å². The largest absolute Gasteiger partial charge is 0.450 e. The lowest BCUT2D eigenvalue weighted by Gasteiger charge is -2.50. The quantitative estimate of drug-likeness (QED) is 0.569. The maximum absolute atomic E-state index is 13.5. The first-order valence-corrected chi connectivity index (χ1v) is 14.8. The Kier molecular flexibility index (Phi) is 6.74. The van der Waals surface area contributed by atoms with Gasteiger partial charge < -0.3 is 19.4 Å². The summed E-state index contributed by atoms with van der Waals surface area (Å²) >= 11 is 1.45. The van der Waals surface area contributed by atoms with Crippen molar-refractivity contribution in [1.82, 2.24) is 19.7 Å². The van der Waals surface area contributed by atoms with Crippen LogP contribution in [-0.4, -0.2) is 76.1 Å². The summed E-state index contributed by atoms with van der Waals surface area (Å²) in [7, 11) is 0. The summed E-state index contributed by atoms with van der Waals surface area (Å²) in [5.74, 6) is 0.121. The van der Waals surface area contributed by atoms with E-state index in [1.54, 1.807) is 5.51 Å². The van der Waals surface area contributed by atoms with Gasteiger partial charge in [0.25, 0.3) is 5.91 Å². The molecule has 2 amide bonds. The Labute approximate surface area is 223 Å². The third-order valence-corrected chi connectivity index (χ3v) is 10.3. The van der Waals surface area contributed by atoms with E-state index < -0.39 is 0 Å². The monoisotopic (exact) mass is 522 g/mol. The van der Waals surface area contributed by atoms with Gasteiger partial charge in [0.2, 0.25) is 0 Å². The third kappa shape index (κ3) is 4.46. The van der Waals surface area contributed by atoms with E-state index in [0.717, 1.165) is 75.2 Å². The van der Waals surface area contributed by atoms with Gasteiger partial charge >= 0.3 is 6.09 Å². The Balaban J connectivity index is 1.18. The predicted octanol–water partition coefficient (Wildman–Crippen LogP) is 4.98. The van der Waals surface area contributed by atoms with E-state index in [0.29, 0.717) is 31.3 Å². The minimum absolute atomic E-state index is 0.000295. The van der Waals surface area contributed by atoms with Gasteiger partial charge in [-0.1, -0.05) is 24.3 Å². The number of nitrogens with zero attached hydrogens (tertiary/aromatic N) is 4. The van der Waals surface area contributed by atoms with E-state index in [-0.39, 0.29) is 17.4 Å². The number of rotatable bonds is 3. The summed E-state index contributed by atoms with van der Waals surface area (Å²) in [5, 5.41) is 0. The number of aromatic nitrogens is 1. The number of ether oxygens (including phenoxy) is 1. The smallest absolute Gasteiger partial charge is 0.410 e. The van der Waals surface area contributed by atoms with Gasteiger partial charge in [-0.05, 0) is 83.0 Å². The van der Waals surface area contributed by atoms with Crippen LogP contribution in [0.4, 0.5) is 4.79 Å². The van der Waals surface area contributed by atoms with Crippen molar-refractivity contribution in [2.45, 2.75) is 88.9 Å². The highest BCUT2D eigenvalue weighted by Crippen LogP contribution is 2.44. The van der Waals surface area contributed by atoms with Crippen molar-refractivity contribution >= 4 is 23.3 Å². The maximum atomic E-state index is 13.5. The molecular weight excluding hydrogens is 484 g/mol. The molecule has 198 valence electrons. The average Bonchev–Trinajstić information content (AvgIpc) is 3.46. The minimum atomic E-state index is -0.118. The number of carbonyl (C=O) groups excluding carboxylic acids is 2. The predicted molar refractivity (Wildman–Crippen MR) is 144 cm³/mol. The molecule has 1 aromatic heterocycles. The SMILES string of the molecule is CCOC(=O)N1C2CCC(N3CCC4(CC3)CN(C(=O)c3scnc3C)Cc3ccccc34)CC1CC2. The molecule has 2 bridgehead atoms. The van der Waals surface area contributed by atoms with Crippen LogP contribution in [0.5, 0.6) is 0 Å². The van der Waals surface area contributed by atoms with E-state index >= 15 is 0 Å². The van der Waals surface area contributed by atoms with Gasteiger partial charge in [-0.25, -0.2) is 9.78 Å². The highest BCUT2D eigenvalue weighted by Gasteiger charge is 2.47. The molecule has 2 aromatic rings. The van der Waals surface area contributed by atoms with E-state index in [1.807, 2.05) is 13.8 Å². The molecule has 8 heteroatoms. The van der Waals surface area contributed by atoms with Crippen LogP contribution in [0.1, 0.15) is 78.4 Å². The summed E-state index contributed by atoms with van der Waals surface area (Å²) in [4.78, 5) is 38.1. The van der Waals surface area contributed by atoms with Gasteiger partial charge in [0.15, 0.2) is 0 Å². The Morgan fingerprint density at radius 1 is 1.08 bits per heavy atom. The van der Waals surface area contributed by atoms with Crippen LogP contribution in [0.3, 0.4) is 0 Å². The number of hydrogen-bond donors (Lipinski definition) is 0. The molecule has 3 unspecified atom stereocenters. The summed E-state index contributed by atoms with van der Waals surface area (Å²) in [5.41, 5.74) is 5.33. The van der Waals surface area contributed by atoms with Crippen LogP contribution >= 0.6 is 11.3 Å². The van der Waals surface area contributed by atoms with Crippen LogP contribution in [0.2, 0.25) is 0 Å². The molecule has 5 heterocycles. The molecule has 0 N–H and O–H groups in total. The van der Waals surface area contributed by atoms with E-state index in [9.17, 15) is 9.59 Å². The molecule has 3 atom stereocenters. The lowest BCUT2D eigenvalue weighted by Crippen LogP contribution is -2.55. The molecule has 0 radical (unpaired) electrons. The maximum Gasteiger partial charge on any atom is 0.410 e. The first-order valence-electron chi connectivity index (χ1n) is 14.0. The fourth-order valence-corrected chi connectivity index (χ4v) is 8.32. The fraction of sp³-hybridized carbons (Fsp3) is 0.621. The Morgan fingerprint density at radius 3 is 2.54 bits per heavy atom. The lowest BCUT2D eigenvalue weighted by atomic mass is 9.68. The molecule has 0 aliphatic carbocycles. The highest BCUT2D eigenvalue weighted by atomic mass is 32.1. The summed E-state index contributed by atoms with van der Waals surface area (Å²) in [6.07, 6.45) is 7.47. The summed E-state index contributed by atoms with van der Waals surface area (Å²) in [6.45, 7) is 7.79. The van der Waals surface area contributed by atoms with Crippen LogP contribution in [-0.2, 0) is 16.7 Å². The van der Waals surface area contributed by atoms with Gasteiger partial charge in [0.1, 0.15) is 4.88 Å². The number of thiazole rings is 1. The molecule has 4 aliphatic rings. The second-order valence-corrected chi connectivity index (χ2v) is 12.2. The standard InChI is InChI=1S/C29H38N4O3S/c1-3-36-28(35)33-22-8-10-23(16-24(33)11-9-22)31-14-12-29(13-15-31)18-32(17-21-6-4-5-7-25(21)29)27(34)26-20(2)30-19-37-26/h4-7,19,22-24H,3,8-18H2,1-2H3. The molecule has 4 aliphatic heterocycles. The molecule has 1 aromatic carbocycles. The lowest BCUT2D eigenvalue weighted by molar-refractivity contribution is 0.0490. The first kappa shape index (κ1) is 24.9.